The van der Waals surface area contributed by atoms with Crippen LogP contribution >= 0.6 is 0 Å². The number of amides is 1. The second-order valence-corrected chi connectivity index (χ2v) is 9.17. The number of sulfonamides is 1. The molecule has 0 spiro atoms. The van der Waals surface area contributed by atoms with Crippen molar-refractivity contribution in [3.05, 3.63) is 59.4 Å². The first-order valence-electron chi connectivity index (χ1n) is 9.38. The number of nitrogens with zero attached hydrogens (tertiary/aromatic N) is 1. The van der Waals surface area contributed by atoms with Crippen LogP contribution in [0.1, 0.15) is 44.4 Å². The molecule has 7 heteroatoms. The molecule has 28 heavy (non-hydrogen) atoms. The number of anilines is 1. The zero-order valence-electron chi connectivity index (χ0n) is 16.3. The summed E-state index contributed by atoms with van der Waals surface area (Å²) in [5.74, 6) is -0.434. The average Bonchev–Trinajstić information content (AvgIpc) is 2.65. The second kappa shape index (κ2) is 8.01. The molecule has 0 radical (unpaired) electrons. The highest BCUT2D eigenvalue weighted by atomic mass is 32.2. The Balaban J connectivity index is 1.91. The van der Waals surface area contributed by atoms with Gasteiger partial charge in [-0.2, -0.15) is 0 Å². The molecule has 3 rings (SSSR count). The summed E-state index contributed by atoms with van der Waals surface area (Å²) >= 11 is 0. The number of hydrogen-bond acceptors (Lipinski definition) is 3. The molecular weight excluding hydrogens is 379 g/mol. The van der Waals surface area contributed by atoms with Crippen LogP contribution in [-0.2, 0) is 21.2 Å². The van der Waals surface area contributed by atoms with E-state index in [1.807, 2.05) is 13.8 Å². The van der Waals surface area contributed by atoms with E-state index in [2.05, 4.69) is 4.72 Å². The van der Waals surface area contributed by atoms with Crippen molar-refractivity contribution in [1.82, 2.24) is 4.72 Å². The first-order chi connectivity index (χ1) is 13.2. The Labute approximate surface area is 165 Å². The maximum atomic E-state index is 13.2. The monoisotopic (exact) mass is 404 g/mol. The average molecular weight is 405 g/mol. The van der Waals surface area contributed by atoms with Crippen molar-refractivity contribution in [3.8, 4) is 0 Å². The van der Waals surface area contributed by atoms with E-state index in [1.165, 1.54) is 25.1 Å². The van der Waals surface area contributed by atoms with Gasteiger partial charge >= 0.3 is 0 Å². The third kappa shape index (κ3) is 4.25. The third-order valence-corrected chi connectivity index (χ3v) is 6.48. The topological polar surface area (TPSA) is 66.5 Å². The van der Waals surface area contributed by atoms with Crippen LogP contribution in [0.15, 0.2) is 47.4 Å². The van der Waals surface area contributed by atoms with Crippen LogP contribution in [0.4, 0.5) is 10.1 Å². The van der Waals surface area contributed by atoms with E-state index in [0.717, 1.165) is 24.1 Å². The van der Waals surface area contributed by atoms with Crippen molar-refractivity contribution >= 4 is 21.6 Å². The Morgan fingerprint density at radius 3 is 2.43 bits per heavy atom. The van der Waals surface area contributed by atoms with Crippen LogP contribution in [0.5, 0.6) is 0 Å². The van der Waals surface area contributed by atoms with Gasteiger partial charge < -0.3 is 4.90 Å². The molecule has 2 aromatic carbocycles. The van der Waals surface area contributed by atoms with Crippen molar-refractivity contribution in [2.24, 2.45) is 5.92 Å². The second-order valence-electron chi connectivity index (χ2n) is 7.46. The fourth-order valence-corrected chi connectivity index (χ4v) is 4.99. The highest BCUT2D eigenvalue weighted by Crippen LogP contribution is 2.31. The minimum Gasteiger partial charge on any atom is -0.312 e. The molecule has 0 aromatic heterocycles. The Morgan fingerprint density at radius 2 is 1.82 bits per heavy atom. The van der Waals surface area contributed by atoms with Crippen molar-refractivity contribution < 1.29 is 17.6 Å². The number of carbonyl (C=O) groups excluding carboxylic acids is 1. The first-order valence-corrected chi connectivity index (χ1v) is 10.9. The van der Waals surface area contributed by atoms with Gasteiger partial charge in [0.25, 0.3) is 0 Å². The maximum absolute atomic E-state index is 13.2. The lowest BCUT2D eigenvalue weighted by molar-refractivity contribution is -0.116. The normalized spacial score (nSPS) is 15.4. The molecule has 2 aromatic rings. The van der Waals surface area contributed by atoms with Gasteiger partial charge in [-0.1, -0.05) is 26.0 Å². The number of aryl methyl sites for hydroxylation is 1. The summed E-state index contributed by atoms with van der Waals surface area (Å²) in [6.07, 6.45) is 1.53. The van der Waals surface area contributed by atoms with E-state index in [9.17, 15) is 17.6 Å². The number of fused-ring (bicyclic) bond motifs is 1. The van der Waals surface area contributed by atoms with Crippen molar-refractivity contribution in [2.75, 3.05) is 11.4 Å². The molecule has 1 unspecified atom stereocenters. The molecule has 150 valence electrons. The van der Waals surface area contributed by atoms with Gasteiger partial charge in [-0.3, -0.25) is 4.79 Å². The zero-order valence-corrected chi connectivity index (χ0v) is 17.1. The van der Waals surface area contributed by atoms with Gasteiger partial charge in [0.15, 0.2) is 0 Å². The van der Waals surface area contributed by atoms with Crippen molar-refractivity contribution in [1.29, 1.82) is 0 Å². The number of nitrogens with one attached hydrogen (secondary N) is 1. The molecule has 0 saturated heterocycles. The molecule has 1 aliphatic rings. The number of hydrogen-bond donors (Lipinski definition) is 1. The van der Waals surface area contributed by atoms with Gasteiger partial charge in [-0.15, -0.1) is 0 Å². The van der Waals surface area contributed by atoms with Crippen LogP contribution in [0.25, 0.3) is 0 Å². The molecule has 1 amide bonds. The first kappa shape index (κ1) is 20.5. The number of rotatable bonds is 5. The minimum absolute atomic E-state index is 0.0222. The highest BCUT2D eigenvalue weighted by molar-refractivity contribution is 7.89. The smallest absolute Gasteiger partial charge is 0.241 e. The quantitative estimate of drug-likeness (QED) is 0.824. The molecule has 5 nitrogen and oxygen atoms in total. The molecule has 1 aliphatic heterocycles. The number of benzene rings is 2. The van der Waals surface area contributed by atoms with Gasteiger partial charge in [0, 0.05) is 25.2 Å². The van der Waals surface area contributed by atoms with Crippen LogP contribution in [0, 0.1) is 11.7 Å². The van der Waals surface area contributed by atoms with E-state index in [-0.39, 0.29) is 22.5 Å². The summed E-state index contributed by atoms with van der Waals surface area (Å²) in [7, 11) is -3.78. The van der Waals surface area contributed by atoms with E-state index < -0.39 is 16.1 Å². The van der Waals surface area contributed by atoms with Gasteiger partial charge in [0.1, 0.15) is 5.82 Å². The number of halogens is 1. The predicted octanol–water partition coefficient (Wildman–Crippen LogP) is 3.80. The molecule has 1 heterocycles. The molecule has 1 N–H and O–H groups in total. The van der Waals surface area contributed by atoms with E-state index in [1.54, 1.807) is 29.2 Å². The van der Waals surface area contributed by atoms with E-state index >= 15 is 0 Å². The summed E-state index contributed by atoms with van der Waals surface area (Å²) in [5, 5.41) is 0. The van der Waals surface area contributed by atoms with E-state index in [0.29, 0.717) is 12.1 Å². The van der Waals surface area contributed by atoms with Crippen LogP contribution in [0.2, 0.25) is 0 Å². The Hall–Kier alpha value is -2.25. The lowest BCUT2D eigenvalue weighted by Gasteiger charge is -2.29. The molecule has 0 bridgehead atoms. The Kier molecular flexibility index (Phi) is 5.86. The third-order valence-electron chi connectivity index (χ3n) is 5.04. The standard InChI is InChI=1S/C21H25FN2O3S/c1-14(2)21(16-6-8-18(22)9-7-16)23-28(26,27)19-10-11-20-17(13-19)5-4-12-24(20)15(3)25/h6-11,13-14,21,23H,4-5,12H2,1-3H3. The predicted molar refractivity (Wildman–Crippen MR) is 107 cm³/mol. The Morgan fingerprint density at radius 1 is 1.14 bits per heavy atom. The zero-order chi connectivity index (χ0) is 20.5. The van der Waals surface area contributed by atoms with Gasteiger partial charge in [-0.05, 0) is 60.2 Å². The highest BCUT2D eigenvalue weighted by Gasteiger charge is 2.26. The summed E-state index contributed by atoms with van der Waals surface area (Å²) in [4.78, 5) is 13.7. The summed E-state index contributed by atoms with van der Waals surface area (Å²) < 4.78 is 42.0. The van der Waals surface area contributed by atoms with Crippen LogP contribution in [-0.4, -0.2) is 20.9 Å². The fraction of sp³-hybridized carbons (Fsp3) is 0.381. The summed E-state index contributed by atoms with van der Waals surface area (Å²) in [6, 6.07) is 10.3. The molecule has 1 atom stereocenters. The molecule has 0 saturated carbocycles. The lowest BCUT2D eigenvalue weighted by Crippen LogP contribution is -2.34. The van der Waals surface area contributed by atoms with E-state index in [4.69, 9.17) is 0 Å². The molecule has 0 aliphatic carbocycles. The maximum Gasteiger partial charge on any atom is 0.241 e. The summed E-state index contributed by atoms with van der Waals surface area (Å²) in [5.41, 5.74) is 2.34. The minimum atomic E-state index is -3.78. The van der Waals surface area contributed by atoms with Gasteiger partial charge in [-0.25, -0.2) is 17.5 Å². The molecule has 0 fully saturated rings. The summed E-state index contributed by atoms with van der Waals surface area (Å²) in [6.45, 7) is 5.98. The van der Waals surface area contributed by atoms with Crippen molar-refractivity contribution in [3.63, 3.8) is 0 Å². The lowest BCUT2D eigenvalue weighted by atomic mass is 9.97. The molecular formula is C21H25FN2O3S. The van der Waals surface area contributed by atoms with Crippen molar-refractivity contribution in [2.45, 2.75) is 44.6 Å². The van der Waals surface area contributed by atoms with Crippen LogP contribution in [0.3, 0.4) is 0 Å². The van der Waals surface area contributed by atoms with Gasteiger partial charge in [0.05, 0.1) is 4.90 Å². The van der Waals surface area contributed by atoms with Gasteiger partial charge in [0.2, 0.25) is 15.9 Å². The van der Waals surface area contributed by atoms with Crippen LogP contribution < -0.4 is 9.62 Å². The largest absolute Gasteiger partial charge is 0.312 e. The SMILES string of the molecule is CC(=O)N1CCCc2cc(S(=O)(=O)NC(c3ccc(F)cc3)C(C)C)ccc21. The number of carbonyl (C=O) groups is 1. The Bertz CT molecular complexity index is 972. The fourth-order valence-electron chi connectivity index (χ4n) is 3.56.